The smallest absolute Gasteiger partial charge is 0.313 e. The highest BCUT2D eigenvalue weighted by Gasteiger charge is 2.56. The second-order valence-corrected chi connectivity index (χ2v) is 5.71. The number of carboxylic acid groups (broad SMARTS) is 1. The molecule has 1 aromatic carbocycles. The third-order valence-electron chi connectivity index (χ3n) is 3.38. The van der Waals surface area contributed by atoms with E-state index >= 15 is 0 Å². The van der Waals surface area contributed by atoms with Crippen molar-refractivity contribution in [3.8, 4) is 12.1 Å². The summed E-state index contributed by atoms with van der Waals surface area (Å²) in [5.41, 5.74) is 1.10. The molecule has 0 saturated carbocycles. The van der Waals surface area contributed by atoms with Crippen LogP contribution in [0, 0.1) is 28.6 Å². The number of carboxylic acids is 1. The zero-order valence-electron chi connectivity index (χ0n) is 11.1. The molecule has 0 fully saturated rings. The molecule has 0 aromatic heterocycles. The van der Waals surface area contributed by atoms with Gasteiger partial charge in [0.15, 0.2) is 10.7 Å². The number of carbonyl (C=O) groups is 2. The third-order valence-corrected chi connectivity index (χ3v) is 4.85. The number of aliphatic carboxylic acids is 1. The highest BCUT2D eigenvalue weighted by molar-refractivity contribution is 8.01. The van der Waals surface area contributed by atoms with E-state index in [0.717, 1.165) is 11.8 Å². The molecule has 0 saturated heterocycles. The molecule has 0 radical (unpaired) electrons. The number of carbonyl (C=O) groups excluding carboxylic acids is 1. The number of likely N-dealkylation sites (N-methyl/N-ethyl adjacent to an activating group) is 1. The van der Waals surface area contributed by atoms with Gasteiger partial charge >= 0.3 is 5.97 Å². The van der Waals surface area contributed by atoms with Gasteiger partial charge in [-0.2, -0.15) is 10.5 Å². The Morgan fingerprint density at radius 2 is 2.05 bits per heavy atom. The molecule has 1 aliphatic rings. The number of anilines is 1. The number of nitrogens with zero attached hydrogens (tertiary/aromatic N) is 3. The van der Waals surface area contributed by atoms with Crippen molar-refractivity contribution in [2.75, 3.05) is 17.7 Å². The molecule has 7 heteroatoms. The lowest BCUT2D eigenvalue weighted by molar-refractivity contribution is -0.133. The summed E-state index contributed by atoms with van der Waals surface area (Å²) in [6, 6.07) is 10.5. The second-order valence-electron chi connectivity index (χ2n) is 4.49. The van der Waals surface area contributed by atoms with Gasteiger partial charge in [-0.25, -0.2) is 0 Å². The van der Waals surface area contributed by atoms with Crippen molar-refractivity contribution >= 4 is 29.3 Å². The third kappa shape index (κ3) is 2.12. The zero-order chi connectivity index (χ0) is 15.6. The van der Waals surface area contributed by atoms with E-state index in [0.29, 0.717) is 11.3 Å². The SMILES string of the molecule is CN1C(=O)C(SCC(=O)O)(C(C#N)C#N)c2ccccc21. The molecule has 106 valence electrons. The Kier molecular flexibility index (Phi) is 3.88. The Morgan fingerprint density at radius 1 is 1.43 bits per heavy atom. The van der Waals surface area contributed by atoms with Crippen LogP contribution in [-0.4, -0.2) is 29.8 Å². The first-order valence-electron chi connectivity index (χ1n) is 6.01. The summed E-state index contributed by atoms with van der Waals surface area (Å²) in [5.74, 6) is -3.18. The van der Waals surface area contributed by atoms with E-state index in [2.05, 4.69) is 0 Å². The molecule has 1 amide bonds. The first kappa shape index (κ1) is 14.9. The number of rotatable bonds is 4. The van der Waals surface area contributed by atoms with Crippen molar-refractivity contribution in [1.82, 2.24) is 0 Å². The Balaban J connectivity index is 2.65. The van der Waals surface area contributed by atoms with Crippen LogP contribution < -0.4 is 4.90 Å². The molecule has 0 spiro atoms. The Labute approximate surface area is 125 Å². The molecular weight excluding hydrogens is 290 g/mol. The fourth-order valence-corrected chi connectivity index (χ4v) is 3.65. The average molecular weight is 301 g/mol. The van der Waals surface area contributed by atoms with E-state index < -0.39 is 22.5 Å². The van der Waals surface area contributed by atoms with Crippen LogP contribution in [0.1, 0.15) is 5.56 Å². The number of nitriles is 2. The Hall–Kier alpha value is -2.51. The zero-order valence-corrected chi connectivity index (χ0v) is 11.9. The Morgan fingerprint density at radius 3 is 2.62 bits per heavy atom. The molecule has 1 heterocycles. The topological polar surface area (TPSA) is 105 Å². The van der Waals surface area contributed by atoms with Crippen LogP contribution in [0.25, 0.3) is 0 Å². The van der Waals surface area contributed by atoms with Crippen LogP contribution in [0.5, 0.6) is 0 Å². The van der Waals surface area contributed by atoms with Crippen LogP contribution in [0.2, 0.25) is 0 Å². The molecule has 1 aliphatic heterocycles. The van der Waals surface area contributed by atoms with Gasteiger partial charge in [0.1, 0.15) is 0 Å². The van der Waals surface area contributed by atoms with Crippen LogP contribution in [0.15, 0.2) is 24.3 Å². The summed E-state index contributed by atoms with van der Waals surface area (Å²) in [4.78, 5) is 24.9. The minimum atomic E-state index is -1.49. The van der Waals surface area contributed by atoms with Gasteiger partial charge in [-0.1, -0.05) is 18.2 Å². The monoisotopic (exact) mass is 301 g/mol. The van der Waals surface area contributed by atoms with Crippen LogP contribution in [0.3, 0.4) is 0 Å². The molecule has 21 heavy (non-hydrogen) atoms. The summed E-state index contributed by atoms with van der Waals surface area (Å²) in [5, 5.41) is 27.4. The molecule has 6 nitrogen and oxygen atoms in total. The van der Waals surface area contributed by atoms with Crippen molar-refractivity contribution < 1.29 is 14.7 Å². The highest BCUT2D eigenvalue weighted by Crippen LogP contribution is 2.52. The van der Waals surface area contributed by atoms with E-state index in [1.807, 2.05) is 12.1 Å². The van der Waals surface area contributed by atoms with E-state index in [1.165, 1.54) is 4.90 Å². The normalized spacial score (nSPS) is 20.0. The van der Waals surface area contributed by atoms with Gasteiger partial charge in [0.25, 0.3) is 0 Å². The number of para-hydroxylation sites is 1. The van der Waals surface area contributed by atoms with Gasteiger partial charge in [0.2, 0.25) is 5.91 Å². The van der Waals surface area contributed by atoms with Gasteiger partial charge in [-0.15, -0.1) is 11.8 Å². The van der Waals surface area contributed by atoms with Crippen molar-refractivity contribution in [1.29, 1.82) is 10.5 Å². The van der Waals surface area contributed by atoms with Crippen molar-refractivity contribution in [2.24, 2.45) is 5.92 Å². The molecule has 1 atom stereocenters. The highest BCUT2D eigenvalue weighted by atomic mass is 32.2. The van der Waals surface area contributed by atoms with Crippen molar-refractivity contribution in [3.05, 3.63) is 29.8 Å². The fourth-order valence-electron chi connectivity index (χ4n) is 2.44. The lowest BCUT2D eigenvalue weighted by atomic mass is 9.87. The fraction of sp³-hybridized carbons (Fsp3) is 0.286. The number of fused-ring (bicyclic) bond motifs is 1. The number of thioether (sulfide) groups is 1. The molecule has 1 aromatic rings. The largest absolute Gasteiger partial charge is 0.481 e. The summed E-state index contributed by atoms with van der Waals surface area (Å²) >= 11 is 0.816. The summed E-state index contributed by atoms with van der Waals surface area (Å²) in [7, 11) is 1.55. The molecule has 1 unspecified atom stereocenters. The first-order valence-corrected chi connectivity index (χ1v) is 7.00. The number of benzene rings is 1. The predicted molar refractivity (Wildman–Crippen MR) is 76.3 cm³/mol. The van der Waals surface area contributed by atoms with Crippen molar-refractivity contribution in [3.63, 3.8) is 0 Å². The van der Waals surface area contributed by atoms with E-state index in [1.54, 1.807) is 31.3 Å². The Bertz CT molecular complexity index is 677. The van der Waals surface area contributed by atoms with Crippen LogP contribution in [-0.2, 0) is 14.3 Å². The maximum atomic E-state index is 12.7. The molecule has 1 N–H and O–H groups in total. The summed E-state index contributed by atoms with van der Waals surface area (Å²) in [6.07, 6.45) is 0. The first-order chi connectivity index (χ1) is 9.98. The lowest BCUT2D eigenvalue weighted by Gasteiger charge is -2.27. The van der Waals surface area contributed by atoms with Gasteiger partial charge in [-0.05, 0) is 6.07 Å². The van der Waals surface area contributed by atoms with Gasteiger partial charge < -0.3 is 10.0 Å². The van der Waals surface area contributed by atoms with Gasteiger partial charge in [0, 0.05) is 18.3 Å². The van der Waals surface area contributed by atoms with E-state index in [4.69, 9.17) is 5.11 Å². The number of hydrogen-bond acceptors (Lipinski definition) is 5. The summed E-state index contributed by atoms with van der Waals surface area (Å²) < 4.78 is -1.49. The molecule has 0 bridgehead atoms. The number of amides is 1. The molecule has 2 rings (SSSR count). The molecular formula is C14H11N3O3S. The lowest BCUT2D eigenvalue weighted by Crippen LogP contribution is -2.42. The van der Waals surface area contributed by atoms with Gasteiger partial charge in [-0.3, -0.25) is 9.59 Å². The maximum absolute atomic E-state index is 12.7. The minimum Gasteiger partial charge on any atom is -0.481 e. The van der Waals surface area contributed by atoms with Gasteiger partial charge in [0.05, 0.1) is 17.9 Å². The maximum Gasteiger partial charge on any atom is 0.313 e. The minimum absolute atomic E-state index is 0.367. The van der Waals surface area contributed by atoms with E-state index in [9.17, 15) is 20.1 Å². The predicted octanol–water partition coefficient (Wildman–Crippen LogP) is 1.34. The molecule has 0 aliphatic carbocycles. The second kappa shape index (κ2) is 5.47. The van der Waals surface area contributed by atoms with Crippen LogP contribution in [0.4, 0.5) is 5.69 Å². The standard InChI is InChI=1S/C14H11N3O3S/c1-17-11-5-3-2-4-10(11)14(13(17)20,9(6-15)7-16)21-8-12(18)19/h2-5,9H,8H2,1H3,(H,18,19). The quantitative estimate of drug-likeness (QED) is 0.899. The van der Waals surface area contributed by atoms with E-state index in [-0.39, 0.29) is 5.75 Å². The summed E-state index contributed by atoms with van der Waals surface area (Å²) in [6.45, 7) is 0. The number of hydrogen-bond donors (Lipinski definition) is 1. The van der Waals surface area contributed by atoms with Crippen LogP contribution >= 0.6 is 11.8 Å². The van der Waals surface area contributed by atoms with Crippen molar-refractivity contribution in [2.45, 2.75) is 4.75 Å². The average Bonchev–Trinajstić information content (AvgIpc) is 2.70.